The third-order valence-electron chi connectivity index (χ3n) is 4.44. The molecule has 2 aliphatic heterocycles. The average Bonchev–Trinajstić information content (AvgIpc) is 2.60. The highest BCUT2D eigenvalue weighted by Gasteiger charge is 2.37. The van der Waals surface area contributed by atoms with E-state index in [1.165, 1.54) is 38.8 Å². The maximum atomic E-state index is 3.51. The Morgan fingerprint density at radius 2 is 2.00 bits per heavy atom. The van der Waals surface area contributed by atoms with Crippen molar-refractivity contribution >= 4 is 0 Å². The maximum Gasteiger partial charge on any atom is 0.0151 e. The van der Waals surface area contributed by atoms with Crippen molar-refractivity contribution in [2.24, 2.45) is 5.92 Å². The Labute approximate surface area is 94.4 Å². The van der Waals surface area contributed by atoms with E-state index in [2.05, 4.69) is 31.0 Å². The Balaban J connectivity index is 2.05. The van der Waals surface area contributed by atoms with E-state index in [1.54, 1.807) is 0 Å². The lowest BCUT2D eigenvalue weighted by Crippen LogP contribution is -2.52. The smallest absolute Gasteiger partial charge is 0.0151 e. The normalized spacial score (nSPS) is 43.4. The number of likely N-dealkylation sites (tertiary alicyclic amines) is 1. The predicted molar refractivity (Wildman–Crippen MR) is 65.1 cm³/mol. The van der Waals surface area contributed by atoms with Crippen LogP contribution in [-0.2, 0) is 0 Å². The quantitative estimate of drug-likeness (QED) is 0.752. The molecule has 0 bridgehead atoms. The fourth-order valence-electron chi connectivity index (χ4n) is 3.55. The molecule has 2 heteroatoms. The molecule has 2 aliphatic rings. The number of hydrogen-bond donors (Lipinski definition) is 1. The summed E-state index contributed by atoms with van der Waals surface area (Å²) in [6.07, 6.45) is 5.52. The second-order valence-electron chi connectivity index (χ2n) is 5.47. The molecule has 0 spiro atoms. The summed E-state index contributed by atoms with van der Waals surface area (Å²) in [5.74, 6) is 0.827. The Kier molecular flexibility index (Phi) is 3.68. The van der Waals surface area contributed by atoms with Crippen LogP contribution in [0.15, 0.2) is 0 Å². The van der Waals surface area contributed by atoms with Gasteiger partial charge in [0.1, 0.15) is 0 Å². The van der Waals surface area contributed by atoms with Gasteiger partial charge >= 0.3 is 0 Å². The monoisotopic (exact) mass is 210 g/mol. The van der Waals surface area contributed by atoms with Gasteiger partial charge in [-0.25, -0.2) is 0 Å². The zero-order valence-corrected chi connectivity index (χ0v) is 10.5. The molecular weight excluding hydrogens is 184 g/mol. The molecule has 88 valence electrons. The van der Waals surface area contributed by atoms with Crippen LogP contribution in [0.25, 0.3) is 0 Å². The van der Waals surface area contributed by atoms with Crippen molar-refractivity contribution in [3.05, 3.63) is 0 Å². The Morgan fingerprint density at radius 3 is 2.67 bits per heavy atom. The SMILES string of the molecule is CCC1CCC(C)N1C1CCNCC1C. The van der Waals surface area contributed by atoms with Gasteiger partial charge in [-0.2, -0.15) is 0 Å². The Morgan fingerprint density at radius 1 is 1.20 bits per heavy atom. The zero-order chi connectivity index (χ0) is 10.8. The van der Waals surface area contributed by atoms with E-state index in [4.69, 9.17) is 0 Å². The molecule has 0 radical (unpaired) electrons. The lowest BCUT2D eigenvalue weighted by molar-refractivity contribution is 0.0746. The molecule has 2 fully saturated rings. The molecular formula is C13H26N2. The fraction of sp³-hybridized carbons (Fsp3) is 1.00. The first kappa shape index (κ1) is 11.4. The molecule has 2 nitrogen and oxygen atoms in total. The van der Waals surface area contributed by atoms with Gasteiger partial charge in [0.05, 0.1) is 0 Å². The van der Waals surface area contributed by atoms with E-state index in [0.29, 0.717) is 0 Å². The highest BCUT2D eigenvalue weighted by molar-refractivity contribution is 4.93. The second-order valence-corrected chi connectivity index (χ2v) is 5.47. The molecule has 15 heavy (non-hydrogen) atoms. The van der Waals surface area contributed by atoms with Crippen LogP contribution in [0, 0.1) is 5.92 Å². The molecule has 2 saturated heterocycles. The highest BCUT2D eigenvalue weighted by atomic mass is 15.2. The van der Waals surface area contributed by atoms with Crippen LogP contribution >= 0.6 is 0 Å². The van der Waals surface area contributed by atoms with Crippen LogP contribution in [0.4, 0.5) is 0 Å². The summed E-state index contributed by atoms with van der Waals surface area (Å²) in [4.78, 5) is 2.84. The van der Waals surface area contributed by atoms with Gasteiger partial charge in [-0.1, -0.05) is 13.8 Å². The summed E-state index contributed by atoms with van der Waals surface area (Å²) >= 11 is 0. The number of hydrogen-bond acceptors (Lipinski definition) is 2. The van der Waals surface area contributed by atoms with Gasteiger partial charge in [0.15, 0.2) is 0 Å². The number of rotatable bonds is 2. The predicted octanol–water partition coefficient (Wildman–Crippen LogP) is 2.25. The topological polar surface area (TPSA) is 15.3 Å². The van der Waals surface area contributed by atoms with Crippen LogP contribution in [0.1, 0.15) is 46.5 Å². The first-order chi connectivity index (χ1) is 7.24. The molecule has 2 heterocycles. The van der Waals surface area contributed by atoms with Crippen LogP contribution < -0.4 is 5.32 Å². The molecule has 0 aliphatic carbocycles. The van der Waals surface area contributed by atoms with E-state index in [-0.39, 0.29) is 0 Å². The average molecular weight is 210 g/mol. The van der Waals surface area contributed by atoms with Crippen molar-refractivity contribution in [1.82, 2.24) is 10.2 Å². The minimum Gasteiger partial charge on any atom is -0.316 e. The van der Waals surface area contributed by atoms with Gasteiger partial charge in [-0.3, -0.25) is 4.90 Å². The Bertz CT molecular complexity index is 205. The summed E-state index contributed by atoms with van der Waals surface area (Å²) in [5, 5.41) is 3.51. The summed E-state index contributed by atoms with van der Waals surface area (Å²) in [7, 11) is 0. The third-order valence-corrected chi connectivity index (χ3v) is 4.44. The van der Waals surface area contributed by atoms with Crippen LogP contribution in [0.5, 0.6) is 0 Å². The van der Waals surface area contributed by atoms with Crippen LogP contribution in [0.2, 0.25) is 0 Å². The van der Waals surface area contributed by atoms with Crippen molar-refractivity contribution in [3.8, 4) is 0 Å². The van der Waals surface area contributed by atoms with Gasteiger partial charge < -0.3 is 5.32 Å². The summed E-state index contributed by atoms with van der Waals surface area (Å²) in [6.45, 7) is 9.61. The van der Waals surface area contributed by atoms with E-state index in [9.17, 15) is 0 Å². The maximum absolute atomic E-state index is 3.51. The lowest BCUT2D eigenvalue weighted by Gasteiger charge is -2.42. The zero-order valence-electron chi connectivity index (χ0n) is 10.5. The minimum atomic E-state index is 0.820. The van der Waals surface area contributed by atoms with Crippen LogP contribution in [-0.4, -0.2) is 36.1 Å². The van der Waals surface area contributed by atoms with Crippen molar-refractivity contribution in [1.29, 1.82) is 0 Å². The van der Waals surface area contributed by atoms with Crippen LogP contribution in [0.3, 0.4) is 0 Å². The first-order valence-electron chi connectivity index (χ1n) is 6.72. The lowest BCUT2D eigenvalue weighted by atomic mass is 9.92. The molecule has 0 aromatic heterocycles. The summed E-state index contributed by atoms with van der Waals surface area (Å²) < 4.78 is 0. The number of nitrogens with one attached hydrogen (secondary N) is 1. The van der Waals surface area contributed by atoms with Crippen molar-refractivity contribution in [2.45, 2.75) is 64.6 Å². The molecule has 1 N–H and O–H groups in total. The van der Waals surface area contributed by atoms with E-state index >= 15 is 0 Å². The molecule has 2 rings (SSSR count). The van der Waals surface area contributed by atoms with E-state index in [0.717, 1.165) is 24.0 Å². The molecule has 4 unspecified atom stereocenters. The van der Waals surface area contributed by atoms with Gasteiger partial charge in [-0.15, -0.1) is 0 Å². The molecule has 0 saturated carbocycles. The second kappa shape index (κ2) is 4.84. The number of piperidine rings is 1. The van der Waals surface area contributed by atoms with E-state index < -0.39 is 0 Å². The summed E-state index contributed by atoms with van der Waals surface area (Å²) in [6, 6.07) is 2.53. The van der Waals surface area contributed by atoms with Gasteiger partial charge in [-0.05, 0) is 51.6 Å². The highest BCUT2D eigenvalue weighted by Crippen LogP contribution is 2.32. The third kappa shape index (κ3) is 2.21. The standard InChI is InChI=1S/C13H26N2/c1-4-12-6-5-11(3)15(12)13-7-8-14-9-10(13)2/h10-14H,4-9H2,1-3H3. The van der Waals surface area contributed by atoms with Crippen molar-refractivity contribution < 1.29 is 0 Å². The van der Waals surface area contributed by atoms with Crippen molar-refractivity contribution in [2.75, 3.05) is 13.1 Å². The molecule has 4 atom stereocenters. The Hall–Kier alpha value is -0.0800. The van der Waals surface area contributed by atoms with Crippen molar-refractivity contribution in [3.63, 3.8) is 0 Å². The van der Waals surface area contributed by atoms with E-state index in [1.807, 2.05) is 0 Å². The fourth-order valence-corrected chi connectivity index (χ4v) is 3.55. The molecule has 0 aromatic rings. The van der Waals surface area contributed by atoms with Gasteiger partial charge in [0.25, 0.3) is 0 Å². The molecule has 0 aromatic carbocycles. The molecule has 0 amide bonds. The first-order valence-corrected chi connectivity index (χ1v) is 6.72. The van der Waals surface area contributed by atoms with Gasteiger partial charge in [0.2, 0.25) is 0 Å². The largest absolute Gasteiger partial charge is 0.316 e. The summed E-state index contributed by atoms with van der Waals surface area (Å²) in [5.41, 5.74) is 0. The number of nitrogens with zero attached hydrogens (tertiary/aromatic N) is 1. The minimum absolute atomic E-state index is 0.820. The van der Waals surface area contributed by atoms with Gasteiger partial charge in [0, 0.05) is 18.1 Å².